The molecule has 1 unspecified atom stereocenters. The van der Waals surface area contributed by atoms with Crippen molar-refractivity contribution in [3.8, 4) is 0 Å². The number of halogens is 2. The van der Waals surface area contributed by atoms with E-state index in [1.165, 1.54) is 0 Å². The van der Waals surface area contributed by atoms with E-state index in [4.69, 9.17) is 5.11 Å². The molecule has 0 bridgehead atoms. The van der Waals surface area contributed by atoms with Crippen LogP contribution in [-0.2, 0) is 6.54 Å². The molecule has 2 aromatic rings. The van der Waals surface area contributed by atoms with Gasteiger partial charge in [0.25, 0.3) is 12.0 Å². The van der Waals surface area contributed by atoms with Gasteiger partial charge in [0.15, 0.2) is 0 Å². The van der Waals surface area contributed by atoms with Crippen LogP contribution >= 0.6 is 11.3 Å². The molecule has 1 atom stereocenters. The average molecular weight is 276 g/mol. The fourth-order valence-electron chi connectivity index (χ4n) is 1.66. The van der Waals surface area contributed by atoms with Crippen molar-refractivity contribution >= 4 is 21.6 Å². The van der Waals surface area contributed by atoms with E-state index in [-0.39, 0.29) is 0 Å². The Bertz CT molecular complexity index is 688. The Labute approximate surface area is 103 Å². The number of aromatic amines is 1. The van der Waals surface area contributed by atoms with Gasteiger partial charge in [-0.2, -0.15) is 0 Å². The Morgan fingerprint density at radius 2 is 2.17 bits per heavy atom. The number of hydrogen-bond donors (Lipinski definition) is 2. The third-order valence-corrected chi connectivity index (χ3v) is 3.67. The highest BCUT2D eigenvalue weighted by Crippen LogP contribution is 2.21. The van der Waals surface area contributed by atoms with Gasteiger partial charge in [-0.15, -0.1) is 11.3 Å². The smallest absolute Gasteiger partial charge is 0.329 e. The number of aliphatic hydroxyl groups is 1. The van der Waals surface area contributed by atoms with Gasteiger partial charge in [0.05, 0.1) is 11.9 Å². The summed E-state index contributed by atoms with van der Waals surface area (Å²) in [6, 6.07) is 0. The number of rotatable bonds is 3. The van der Waals surface area contributed by atoms with Gasteiger partial charge in [-0.25, -0.2) is 13.6 Å². The maximum absolute atomic E-state index is 12.3. The molecule has 5 nitrogen and oxygen atoms in total. The second-order valence-electron chi connectivity index (χ2n) is 3.87. The summed E-state index contributed by atoms with van der Waals surface area (Å²) in [7, 11) is 0. The Balaban J connectivity index is 2.64. The highest BCUT2D eigenvalue weighted by Gasteiger charge is 2.20. The highest BCUT2D eigenvalue weighted by molar-refractivity contribution is 7.17. The summed E-state index contributed by atoms with van der Waals surface area (Å²) < 4.78 is 25.6. The summed E-state index contributed by atoms with van der Waals surface area (Å²) in [5, 5.41) is 11.1. The maximum Gasteiger partial charge on any atom is 0.329 e. The fraction of sp³-hybridized carbons (Fsp3) is 0.400. The molecular formula is C10H10F2N2O3S. The number of alkyl halides is 2. The Hall–Kier alpha value is -1.54. The van der Waals surface area contributed by atoms with Gasteiger partial charge in [0.2, 0.25) is 0 Å². The number of aromatic nitrogens is 2. The van der Waals surface area contributed by atoms with Crippen molar-refractivity contribution in [1.82, 2.24) is 9.55 Å². The Morgan fingerprint density at radius 3 is 2.78 bits per heavy atom. The molecule has 0 saturated heterocycles. The first kappa shape index (κ1) is 12.9. The molecule has 0 spiro atoms. The van der Waals surface area contributed by atoms with E-state index in [2.05, 4.69) is 4.98 Å². The number of nitrogens with one attached hydrogen (secondary N) is 1. The minimum absolute atomic E-state index is 0.293. The van der Waals surface area contributed by atoms with Crippen LogP contribution in [0.4, 0.5) is 8.78 Å². The van der Waals surface area contributed by atoms with Crippen LogP contribution in [0.5, 0.6) is 0 Å². The zero-order chi connectivity index (χ0) is 13.4. The minimum atomic E-state index is -2.94. The van der Waals surface area contributed by atoms with Gasteiger partial charge < -0.3 is 5.11 Å². The van der Waals surface area contributed by atoms with Crippen LogP contribution in [0, 0.1) is 6.92 Å². The van der Waals surface area contributed by atoms with Crippen molar-refractivity contribution in [2.24, 2.45) is 0 Å². The monoisotopic (exact) mass is 276 g/mol. The number of fused-ring (bicyclic) bond motifs is 1. The SMILES string of the molecule is Cc1csc2c1c(=O)[nH]c(=O)n2CC(O)C(F)F. The lowest BCUT2D eigenvalue weighted by Gasteiger charge is -2.11. The summed E-state index contributed by atoms with van der Waals surface area (Å²) in [5.74, 6) is 0. The van der Waals surface area contributed by atoms with Crippen LogP contribution < -0.4 is 11.2 Å². The molecule has 98 valence electrons. The van der Waals surface area contributed by atoms with Crippen molar-refractivity contribution in [3.05, 3.63) is 31.8 Å². The molecule has 2 aromatic heterocycles. The third kappa shape index (κ3) is 2.08. The largest absolute Gasteiger partial charge is 0.385 e. The van der Waals surface area contributed by atoms with E-state index in [0.717, 1.165) is 15.9 Å². The number of aliphatic hydroxyl groups excluding tert-OH is 1. The Morgan fingerprint density at radius 1 is 1.50 bits per heavy atom. The summed E-state index contributed by atoms with van der Waals surface area (Å²) in [4.78, 5) is 25.5. The topological polar surface area (TPSA) is 75.1 Å². The fourth-order valence-corrected chi connectivity index (χ4v) is 2.72. The number of aryl methyl sites for hydroxylation is 1. The molecule has 0 aliphatic rings. The number of thiophene rings is 1. The van der Waals surface area contributed by atoms with Crippen LogP contribution in [0.15, 0.2) is 15.0 Å². The first-order chi connectivity index (χ1) is 8.41. The normalized spacial score (nSPS) is 13.4. The number of hydrogen-bond acceptors (Lipinski definition) is 4. The predicted molar refractivity (Wildman–Crippen MR) is 63.5 cm³/mol. The van der Waals surface area contributed by atoms with E-state index in [0.29, 0.717) is 15.8 Å². The minimum Gasteiger partial charge on any atom is -0.385 e. The molecule has 0 saturated carbocycles. The number of H-pyrrole nitrogens is 1. The van der Waals surface area contributed by atoms with Crippen molar-refractivity contribution < 1.29 is 13.9 Å². The third-order valence-electron chi connectivity index (χ3n) is 2.55. The van der Waals surface area contributed by atoms with E-state index < -0.39 is 30.3 Å². The molecule has 2 N–H and O–H groups in total. The van der Waals surface area contributed by atoms with Gasteiger partial charge >= 0.3 is 5.69 Å². The lowest BCUT2D eigenvalue weighted by atomic mass is 10.2. The van der Waals surface area contributed by atoms with Gasteiger partial charge in [-0.3, -0.25) is 14.3 Å². The Kier molecular flexibility index (Phi) is 3.31. The summed E-state index contributed by atoms with van der Waals surface area (Å²) in [6.45, 7) is 1.14. The van der Waals surface area contributed by atoms with Crippen LogP contribution in [0.25, 0.3) is 10.2 Å². The molecule has 8 heteroatoms. The second-order valence-corrected chi connectivity index (χ2v) is 4.73. The molecule has 0 aromatic carbocycles. The molecule has 0 radical (unpaired) electrons. The zero-order valence-corrected chi connectivity index (χ0v) is 10.1. The quantitative estimate of drug-likeness (QED) is 0.866. The standard InChI is InChI=1S/C10H10F2N2O3S/c1-4-3-18-9-6(4)8(16)13-10(17)14(9)2-5(15)7(11)12/h3,5,7,15H,2H2,1H3,(H,13,16,17). The molecular weight excluding hydrogens is 266 g/mol. The predicted octanol–water partition coefficient (Wildman–Crippen LogP) is 0.686. The summed E-state index contributed by atoms with van der Waals surface area (Å²) in [5.41, 5.74) is -0.679. The molecule has 2 heterocycles. The first-order valence-electron chi connectivity index (χ1n) is 5.09. The van der Waals surface area contributed by atoms with Crippen molar-refractivity contribution in [1.29, 1.82) is 0 Å². The van der Waals surface area contributed by atoms with Crippen LogP contribution in [0.3, 0.4) is 0 Å². The van der Waals surface area contributed by atoms with Gasteiger partial charge in [-0.1, -0.05) is 0 Å². The lowest BCUT2D eigenvalue weighted by Crippen LogP contribution is -2.35. The van der Waals surface area contributed by atoms with Crippen molar-refractivity contribution in [2.45, 2.75) is 26.0 Å². The van der Waals surface area contributed by atoms with Gasteiger partial charge in [0, 0.05) is 0 Å². The average Bonchev–Trinajstić information content (AvgIpc) is 2.66. The maximum atomic E-state index is 12.3. The molecule has 2 rings (SSSR count). The zero-order valence-electron chi connectivity index (χ0n) is 9.31. The molecule has 18 heavy (non-hydrogen) atoms. The van der Waals surface area contributed by atoms with Crippen molar-refractivity contribution in [2.75, 3.05) is 0 Å². The second kappa shape index (κ2) is 4.62. The van der Waals surface area contributed by atoms with Crippen LogP contribution in [0.2, 0.25) is 0 Å². The van der Waals surface area contributed by atoms with E-state index >= 15 is 0 Å². The molecule has 0 aliphatic carbocycles. The number of nitrogens with zero attached hydrogens (tertiary/aromatic N) is 1. The van der Waals surface area contributed by atoms with Crippen LogP contribution in [0.1, 0.15) is 5.56 Å². The van der Waals surface area contributed by atoms with E-state index in [1.807, 2.05) is 0 Å². The lowest BCUT2D eigenvalue weighted by molar-refractivity contribution is -0.0135. The molecule has 0 aliphatic heterocycles. The molecule has 0 amide bonds. The van der Waals surface area contributed by atoms with Gasteiger partial charge in [0.1, 0.15) is 10.9 Å². The van der Waals surface area contributed by atoms with E-state index in [9.17, 15) is 18.4 Å². The van der Waals surface area contributed by atoms with Crippen LogP contribution in [-0.4, -0.2) is 27.2 Å². The van der Waals surface area contributed by atoms with Gasteiger partial charge in [-0.05, 0) is 17.9 Å². The first-order valence-corrected chi connectivity index (χ1v) is 5.97. The van der Waals surface area contributed by atoms with E-state index in [1.54, 1.807) is 12.3 Å². The highest BCUT2D eigenvalue weighted by atomic mass is 32.1. The summed E-state index contributed by atoms with van der Waals surface area (Å²) in [6.07, 6.45) is -4.89. The van der Waals surface area contributed by atoms with Crippen molar-refractivity contribution in [3.63, 3.8) is 0 Å². The molecule has 0 fully saturated rings. The summed E-state index contributed by atoms with van der Waals surface area (Å²) >= 11 is 1.11.